The fraction of sp³-hybridized carbons (Fsp3) is 0.0526. The summed E-state index contributed by atoms with van der Waals surface area (Å²) in [5, 5.41) is 10.8. The zero-order valence-electron chi connectivity index (χ0n) is 12.7. The van der Waals surface area contributed by atoms with Crippen molar-refractivity contribution < 1.29 is 0 Å². The second kappa shape index (κ2) is 7.64. The van der Waals surface area contributed by atoms with Crippen LogP contribution < -0.4 is 0 Å². The van der Waals surface area contributed by atoms with E-state index in [1.165, 1.54) is 0 Å². The molecule has 124 valence electrons. The van der Waals surface area contributed by atoms with E-state index in [9.17, 15) is 0 Å². The Balaban J connectivity index is 2.24. The summed E-state index contributed by atoms with van der Waals surface area (Å²) < 4.78 is 0. The monoisotopic (exact) mass is 406 g/mol. The third kappa shape index (κ3) is 3.61. The smallest absolute Gasteiger partial charge is 0.0767 e. The number of aromatic nitrogens is 1. The van der Waals surface area contributed by atoms with Crippen molar-refractivity contribution in [2.75, 3.05) is 0 Å². The van der Waals surface area contributed by atoms with Gasteiger partial charge in [0, 0.05) is 11.1 Å². The van der Waals surface area contributed by atoms with E-state index < -0.39 is 0 Å². The van der Waals surface area contributed by atoms with Crippen LogP contribution in [0.3, 0.4) is 0 Å². The molecule has 1 aromatic heterocycles. The van der Waals surface area contributed by atoms with E-state index in [0.717, 1.165) is 5.56 Å². The van der Waals surface area contributed by atoms with Gasteiger partial charge in [0.25, 0.3) is 0 Å². The van der Waals surface area contributed by atoms with Gasteiger partial charge < -0.3 is 0 Å². The molecule has 0 spiro atoms. The van der Waals surface area contributed by atoms with E-state index in [-0.39, 0.29) is 6.42 Å². The molecule has 2 nitrogen and oxygen atoms in total. The van der Waals surface area contributed by atoms with Crippen LogP contribution in [0.25, 0.3) is 22.5 Å². The summed E-state index contributed by atoms with van der Waals surface area (Å²) in [6, 6.07) is 16.5. The largest absolute Gasteiger partial charge is 0.247 e. The molecule has 25 heavy (non-hydrogen) atoms. The van der Waals surface area contributed by atoms with Crippen LogP contribution >= 0.6 is 46.4 Å². The van der Waals surface area contributed by atoms with Gasteiger partial charge >= 0.3 is 0 Å². The van der Waals surface area contributed by atoms with Crippen molar-refractivity contribution in [1.82, 2.24) is 4.98 Å². The number of pyridine rings is 1. The molecule has 0 aliphatic heterocycles. The molecule has 1 heterocycles. The number of hydrogen-bond donors (Lipinski definition) is 0. The summed E-state index contributed by atoms with van der Waals surface area (Å²) in [6.45, 7) is 0. The second-order valence-electron chi connectivity index (χ2n) is 5.24. The van der Waals surface area contributed by atoms with Crippen LogP contribution in [0.2, 0.25) is 20.1 Å². The molecule has 3 aromatic rings. The third-order valence-corrected chi connectivity index (χ3v) is 5.32. The lowest BCUT2D eigenvalue weighted by atomic mass is 10.0. The summed E-state index contributed by atoms with van der Waals surface area (Å²) >= 11 is 24.9. The SMILES string of the molecule is N#CCc1ccc(-c2cccc(Cl)c2Cl)nc1-c1cccc(Cl)c1Cl. The Morgan fingerprint density at radius 1 is 0.800 bits per heavy atom. The van der Waals surface area contributed by atoms with Gasteiger partial charge in [-0.3, -0.25) is 0 Å². The second-order valence-corrected chi connectivity index (χ2v) is 6.81. The first kappa shape index (κ1) is 18.0. The zero-order valence-corrected chi connectivity index (χ0v) is 15.8. The van der Waals surface area contributed by atoms with Gasteiger partial charge in [-0.25, -0.2) is 4.98 Å². The first-order valence-electron chi connectivity index (χ1n) is 7.28. The molecule has 0 unspecified atom stereocenters. The number of rotatable bonds is 3. The average Bonchev–Trinajstić information content (AvgIpc) is 2.61. The Morgan fingerprint density at radius 3 is 2.04 bits per heavy atom. The van der Waals surface area contributed by atoms with E-state index in [2.05, 4.69) is 6.07 Å². The summed E-state index contributed by atoms with van der Waals surface area (Å²) in [4.78, 5) is 4.70. The standard InChI is InChI=1S/C19H10Cl4N2/c20-14-5-1-3-12(17(14)22)16-8-7-11(9-10-24)19(25-16)13-4-2-6-15(21)18(13)23/h1-8H,9H2. The van der Waals surface area contributed by atoms with Gasteiger partial charge in [-0.2, -0.15) is 5.26 Å². The zero-order chi connectivity index (χ0) is 18.0. The minimum atomic E-state index is 0.203. The Bertz CT molecular complexity index is 993. The molecule has 0 radical (unpaired) electrons. The number of halogens is 4. The van der Waals surface area contributed by atoms with Gasteiger partial charge in [0.05, 0.1) is 44.0 Å². The van der Waals surface area contributed by atoms with E-state index >= 15 is 0 Å². The van der Waals surface area contributed by atoms with Crippen LogP contribution in [0.5, 0.6) is 0 Å². The molecule has 0 bridgehead atoms. The molecule has 0 saturated heterocycles. The van der Waals surface area contributed by atoms with Crippen molar-refractivity contribution in [1.29, 1.82) is 5.26 Å². The van der Waals surface area contributed by atoms with E-state index in [0.29, 0.717) is 42.6 Å². The average molecular weight is 408 g/mol. The van der Waals surface area contributed by atoms with Crippen molar-refractivity contribution in [3.05, 3.63) is 74.2 Å². The molecule has 0 fully saturated rings. The quantitative estimate of drug-likeness (QED) is 0.464. The minimum absolute atomic E-state index is 0.203. The highest BCUT2D eigenvalue weighted by Crippen LogP contribution is 2.37. The van der Waals surface area contributed by atoms with Gasteiger partial charge in [0.15, 0.2) is 0 Å². The fourth-order valence-corrected chi connectivity index (χ4v) is 3.27. The molecule has 3 rings (SSSR count). The van der Waals surface area contributed by atoms with Gasteiger partial charge in [0.2, 0.25) is 0 Å². The Kier molecular flexibility index (Phi) is 5.51. The van der Waals surface area contributed by atoms with Crippen LogP contribution in [-0.2, 0) is 6.42 Å². The van der Waals surface area contributed by atoms with E-state index in [1.807, 2.05) is 24.3 Å². The summed E-state index contributed by atoms with van der Waals surface area (Å²) in [6.07, 6.45) is 0.203. The molecule has 0 N–H and O–H groups in total. The molecular formula is C19H10Cl4N2. The Morgan fingerprint density at radius 2 is 1.40 bits per heavy atom. The first-order chi connectivity index (χ1) is 12.0. The summed E-state index contributed by atoms with van der Waals surface area (Å²) in [7, 11) is 0. The third-order valence-electron chi connectivity index (χ3n) is 3.68. The lowest BCUT2D eigenvalue weighted by molar-refractivity contribution is 1.20. The van der Waals surface area contributed by atoms with Gasteiger partial charge in [-0.1, -0.05) is 76.7 Å². The molecule has 6 heteroatoms. The highest BCUT2D eigenvalue weighted by molar-refractivity contribution is 6.44. The normalized spacial score (nSPS) is 10.5. The topological polar surface area (TPSA) is 36.7 Å². The summed E-state index contributed by atoms with van der Waals surface area (Å²) in [5.74, 6) is 0. The van der Waals surface area contributed by atoms with Gasteiger partial charge in [0.1, 0.15) is 0 Å². The molecule has 0 saturated carbocycles. The molecule has 0 aliphatic carbocycles. The van der Waals surface area contributed by atoms with Crippen molar-refractivity contribution in [2.24, 2.45) is 0 Å². The number of hydrogen-bond acceptors (Lipinski definition) is 2. The van der Waals surface area contributed by atoms with Crippen molar-refractivity contribution >= 4 is 46.4 Å². The van der Waals surface area contributed by atoms with Crippen molar-refractivity contribution in [2.45, 2.75) is 6.42 Å². The first-order valence-corrected chi connectivity index (χ1v) is 8.79. The fourth-order valence-electron chi connectivity index (χ4n) is 2.49. The molecular weight excluding hydrogens is 398 g/mol. The van der Waals surface area contributed by atoms with E-state index in [4.69, 9.17) is 56.6 Å². The van der Waals surface area contributed by atoms with Crippen LogP contribution in [0.4, 0.5) is 0 Å². The van der Waals surface area contributed by atoms with Crippen molar-refractivity contribution in [3.63, 3.8) is 0 Å². The number of nitrogens with zero attached hydrogens (tertiary/aromatic N) is 2. The Hall–Kier alpha value is -1.76. The molecule has 2 aromatic carbocycles. The van der Waals surface area contributed by atoms with Crippen molar-refractivity contribution in [3.8, 4) is 28.6 Å². The molecule has 0 atom stereocenters. The molecule has 0 amide bonds. The van der Waals surface area contributed by atoms with Gasteiger partial charge in [-0.05, 0) is 23.8 Å². The minimum Gasteiger partial charge on any atom is -0.247 e. The highest BCUT2D eigenvalue weighted by Gasteiger charge is 2.16. The lowest BCUT2D eigenvalue weighted by Gasteiger charge is -2.12. The van der Waals surface area contributed by atoms with Crippen LogP contribution in [0, 0.1) is 11.3 Å². The van der Waals surface area contributed by atoms with Crippen LogP contribution in [0.1, 0.15) is 5.56 Å². The maximum atomic E-state index is 9.11. The lowest BCUT2D eigenvalue weighted by Crippen LogP contribution is -1.96. The van der Waals surface area contributed by atoms with E-state index in [1.54, 1.807) is 24.3 Å². The Labute approximate surface area is 165 Å². The van der Waals surface area contributed by atoms with Gasteiger partial charge in [-0.15, -0.1) is 0 Å². The van der Waals surface area contributed by atoms with Crippen LogP contribution in [0.15, 0.2) is 48.5 Å². The predicted molar refractivity (Wildman–Crippen MR) is 104 cm³/mol. The highest BCUT2D eigenvalue weighted by atomic mass is 35.5. The van der Waals surface area contributed by atoms with Crippen LogP contribution in [-0.4, -0.2) is 4.98 Å². The molecule has 0 aliphatic rings. The predicted octanol–water partition coefficient (Wildman–Crippen LogP) is 7.10. The number of benzene rings is 2. The maximum Gasteiger partial charge on any atom is 0.0767 e. The summed E-state index contributed by atoms with van der Waals surface area (Å²) in [5.41, 5.74) is 3.37. The number of nitriles is 1. The maximum absolute atomic E-state index is 9.11.